The predicted molar refractivity (Wildman–Crippen MR) is 68.3 cm³/mol. The third-order valence-corrected chi connectivity index (χ3v) is 3.06. The summed E-state index contributed by atoms with van der Waals surface area (Å²) in [6.07, 6.45) is 2.90. The van der Waals surface area contributed by atoms with Gasteiger partial charge in [-0.25, -0.2) is 0 Å². The van der Waals surface area contributed by atoms with Crippen molar-refractivity contribution < 1.29 is 4.74 Å². The number of hydrogen-bond donors (Lipinski definition) is 2. The van der Waals surface area contributed by atoms with Gasteiger partial charge in [0.05, 0.1) is 17.7 Å². The molecule has 0 saturated carbocycles. The number of nitrogen functional groups attached to an aromatic ring is 1. The Morgan fingerprint density at radius 3 is 3.28 bits per heavy atom. The van der Waals surface area contributed by atoms with E-state index < -0.39 is 0 Å². The van der Waals surface area contributed by atoms with Gasteiger partial charge in [-0.2, -0.15) is 15.1 Å². The minimum absolute atomic E-state index is 0.186. The highest BCUT2D eigenvalue weighted by atomic mass is 16.5. The Balaban J connectivity index is 2.03. The van der Waals surface area contributed by atoms with Crippen molar-refractivity contribution in [3.05, 3.63) is 6.20 Å². The first-order valence-corrected chi connectivity index (χ1v) is 6.07. The van der Waals surface area contributed by atoms with E-state index >= 15 is 0 Å². The van der Waals surface area contributed by atoms with E-state index in [1.54, 1.807) is 6.20 Å². The maximum Gasteiger partial charge on any atom is 0.224 e. The second-order valence-electron chi connectivity index (χ2n) is 4.52. The first-order valence-electron chi connectivity index (χ1n) is 6.07. The minimum atomic E-state index is 0.186. The van der Waals surface area contributed by atoms with Crippen LogP contribution in [0.15, 0.2) is 6.20 Å². The molecule has 7 heteroatoms. The number of nitrogens with two attached hydrogens (primary N) is 1. The van der Waals surface area contributed by atoms with E-state index in [-0.39, 0.29) is 12.1 Å². The Labute approximate surface area is 104 Å². The number of ether oxygens (including phenoxy) is 1. The van der Waals surface area contributed by atoms with Crippen molar-refractivity contribution in [1.82, 2.24) is 20.2 Å². The number of nitrogens with zero attached hydrogens (tertiary/aromatic N) is 4. The van der Waals surface area contributed by atoms with Gasteiger partial charge < -0.3 is 15.4 Å². The number of fused-ring (bicyclic) bond motifs is 1. The molecule has 96 valence electrons. The highest BCUT2D eigenvalue weighted by Crippen LogP contribution is 2.24. The van der Waals surface area contributed by atoms with Crippen molar-refractivity contribution in [3.63, 3.8) is 0 Å². The van der Waals surface area contributed by atoms with Gasteiger partial charge in [-0.15, -0.1) is 0 Å². The quantitative estimate of drug-likeness (QED) is 0.765. The average molecular weight is 248 g/mol. The van der Waals surface area contributed by atoms with Crippen molar-refractivity contribution in [2.45, 2.75) is 19.4 Å². The Kier molecular flexibility index (Phi) is 2.75. The molecule has 1 fully saturated rings. The molecule has 18 heavy (non-hydrogen) atoms. The molecule has 0 bridgehead atoms. The zero-order valence-electron chi connectivity index (χ0n) is 10.3. The fourth-order valence-corrected chi connectivity index (χ4v) is 2.26. The smallest absolute Gasteiger partial charge is 0.224 e. The number of nitrogens with one attached hydrogen (secondary N) is 1. The van der Waals surface area contributed by atoms with Crippen molar-refractivity contribution in [1.29, 1.82) is 0 Å². The van der Waals surface area contributed by atoms with Crippen LogP contribution in [0.3, 0.4) is 0 Å². The summed E-state index contributed by atoms with van der Waals surface area (Å²) in [5.74, 6) is 1.10. The molecule has 0 aromatic carbocycles. The molecule has 1 unspecified atom stereocenters. The molecule has 0 radical (unpaired) electrons. The number of anilines is 2. The molecule has 3 heterocycles. The van der Waals surface area contributed by atoms with E-state index in [9.17, 15) is 0 Å². The fraction of sp³-hybridized carbons (Fsp3) is 0.545. The van der Waals surface area contributed by atoms with Crippen LogP contribution in [0, 0.1) is 0 Å². The summed E-state index contributed by atoms with van der Waals surface area (Å²) in [6, 6.07) is 0. The zero-order chi connectivity index (χ0) is 12.5. The molecule has 0 aliphatic carbocycles. The van der Waals surface area contributed by atoms with Gasteiger partial charge in [0.15, 0.2) is 5.65 Å². The number of hydrogen-bond acceptors (Lipinski definition) is 6. The molecule has 1 aliphatic heterocycles. The zero-order valence-corrected chi connectivity index (χ0v) is 10.3. The summed E-state index contributed by atoms with van der Waals surface area (Å²) in [5.41, 5.74) is 6.41. The molecule has 1 aliphatic rings. The summed E-state index contributed by atoms with van der Waals surface area (Å²) >= 11 is 0. The fourth-order valence-electron chi connectivity index (χ4n) is 2.26. The van der Waals surface area contributed by atoms with Crippen LogP contribution in [-0.4, -0.2) is 46.0 Å². The lowest BCUT2D eigenvalue weighted by molar-refractivity contribution is 0.0820. The summed E-state index contributed by atoms with van der Waals surface area (Å²) < 4.78 is 5.64. The van der Waals surface area contributed by atoms with Crippen LogP contribution >= 0.6 is 0 Å². The molecule has 1 saturated heterocycles. The normalized spacial score (nSPS) is 21.2. The van der Waals surface area contributed by atoms with E-state index in [1.807, 2.05) is 0 Å². The Morgan fingerprint density at radius 2 is 2.39 bits per heavy atom. The molecule has 0 spiro atoms. The first kappa shape index (κ1) is 11.2. The van der Waals surface area contributed by atoms with E-state index in [4.69, 9.17) is 10.5 Å². The topological polar surface area (TPSA) is 93.0 Å². The second-order valence-corrected chi connectivity index (χ2v) is 4.52. The molecule has 1 atom stereocenters. The Hall–Kier alpha value is -1.89. The lowest BCUT2D eigenvalue weighted by Crippen LogP contribution is -2.31. The Morgan fingerprint density at radius 1 is 1.50 bits per heavy atom. The lowest BCUT2D eigenvalue weighted by atomic mass is 10.3. The molecule has 3 rings (SSSR count). The molecular formula is C11H16N6O. The van der Waals surface area contributed by atoms with Crippen LogP contribution in [0.1, 0.15) is 13.3 Å². The maximum absolute atomic E-state index is 5.74. The monoisotopic (exact) mass is 248 g/mol. The molecular weight excluding hydrogens is 232 g/mol. The van der Waals surface area contributed by atoms with E-state index in [0.717, 1.165) is 37.3 Å². The van der Waals surface area contributed by atoms with E-state index in [1.165, 1.54) is 0 Å². The van der Waals surface area contributed by atoms with Gasteiger partial charge in [-0.3, -0.25) is 5.10 Å². The molecule has 2 aromatic heterocycles. The van der Waals surface area contributed by atoms with Gasteiger partial charge in [0.1, 0.15) is 5.82 Å². The van der Waals surface area contributed by atoms with Crippen molar-refractivity contribution in [3.8, 4) is 0 Å². The SMILES string of the molecule is CC1CN(c2nc(N)nc3[nH]ncc23)CCCO1. The summed E-state index contributed by atoms with van der Waals surface area (Å²) in [4.78, 5) is 10.7. The highest BCUT2D eigenvalue weighted by molar-refractivity contribution is 5.87. The van der Waals surface area contributed by atoms with Crippen LogP contribution in [0.4, 0.5) is 11.8 Å². The highest BCUT2D eigenvalue weighted by Gasteiger charge is 2.20. The van der Waals surface area contributed by atoms with E-state index in [2.05, 4.69) is 32.0 Å². The van der Waals surface area contributed by atoms with Crippen LogP contribution in [0.5, 0.6) is 0 Å². The van der Waals surface area contributed by atoms with Gasteiger partial charge in [0, 0.05) is 19.7 Å². The summed E-state index contributed by atoms with van der Waals surface area (Å²) in [6.45, 7) is 4.56. The predicted octanol–water partition coefficient (Wildman–Crippen LogP) is 0.550. The largest absolute Gasteiger partial charge is 0.377 e. The lowest BCUT2D eigenvalue weighted by Gasteiger charge is -2.23. The summed E-state index contributed by atoms with van der Waals surface area (Å²) in [5, 5.41) is 7.73. The van der Waals surface area contributed by atoms with Gasteiger partial charge in [0.2, 0.25) is 5.95 Å². The van der Waals surface area contributed by atoms with Crippen molar-refractivity contribution in [2.75, 3.05) is 30.3 Å². The third-order valence-electron chi connectivity index (χ3n) is 3.06. The molecule has 0 amide bonds. The van der Waals surface area contributed by atoms with Crippen LogP contribution in [-0.2, 0) is 4.74 Å². The Bertz CT molecular complexity index is 553. The molecule has 3 N–H and O–H groups in total. The van der Waals surface area contributed by atoms with Crippen molar-refractivity contribution in [2.24, 2.45) is 0 Å². The maximum atomic E-state index is 5.74. The van der Waals surface area contributed by atoms with Gasteiger partial charge in [-0.1, -0.05) is 0 Å². The number of aromatic nitrogens is 4. The molecule has 7 nitrogen and oxygen atoms in total. The van der Waals surface area contributed by atoms with Gasteiger partial charge in [-0.05, 0) is 13.3 Å². The first-order chi connectivity index (χ1) is 8.74. The number of rotatable bonds is 1. The van der Waals surface area contributed by atoms with Crippen LogP contribution in [0.25, 0.3) is 11.0 Å². The van der Waals surface area contributed by atoms with Crippen molar-refractivity contribution >= 4 is 22.8 Å². The second kappa shape index (κ2) is 4.41. The third kappa shape index (κ3) is 1.97. The van der Waals surface area contributed by atoms with Crippen LogP contribution in [0.2, 0.25) is 0 Å². The standard InChI is InChI=1S/C11H16N6O/c1-7-6-17(3-2-4-18-7)10-8-5-13-16-9(8)14-11(12)15-10/h5,7H,2-4,6H2,1H3,(H3,12,13,14,15,16). The average Bonchev–Trinajstić information content (AvgIpc) is 2.69. The molecule has 2 aromatic rings. The minimum Gasteiger partial charge on any atom is -0.377 e. The summed E-state index contributed by atoms with van der Waals surface area (Å²) in [7, 11) is 0. The number of aromatic amines is 1. The van der Waals surface area contributed by atoms with E-state index in [0.29, 0.717) is 5.65 Å². The van der Waals surface area contributed by atoms with Crippen LogP contribution < -0.4 is 10.6 Å². The van der Waals surface area contributed by atoms with Gasteiger partial charge in [0.25, 0.3) is 0 Å². The van der Waals surface area contributed by atoms with Gasteiger partial charge >= 0.3 is 0 Å². The number of H-pyrrole nitrogens is 1.